The molecule has 16 heavy (non-hydrogen) atoms. The third-order valence-electron chi connectivity index (χ3n) is 2.94. The highest BCUT2D eigenvalue weighted by molar-refractivity contribution is 5.36. The lowest BCUT2D eigenvalue weighted by Gasteiger charge is -2.42. The van der Waals surface area contributed by atoms with Crippen molar-refractivity contribution in [1.29, 1.82) is 0 Å². The van der Waals surface area contributed by atoms with Crippen LogP contribution in [0.25, 0.3) is 0 Å². The lowest BCUT2D eigenvalue weighted by Crippen LogP contribution is -2.48. The minimum absolute atomic E-state index is 0.0695. The van der Waals surface area contributed by atoms with Crippen molar-refractivity contribution in [3.63, 3.8) is 0 Å². The Bertz CT molecular complexity index is 380. The summed E-state index contributed by atoms with van der Waals surface area (Å²) in [5, 5.41) is 0. The molecule has 2 N–H and O–H groups in total. The normalized spacial score (nSPS) is 25.2. The van der Waals surface area contributed by atoms with Gasteiger partial charge in [-0.05, 0) is 11.6 Å². The molecule has 0 aliphatic carbocycles. The zero-order valence-corrected chi connectivity index (χ0v) is 8.55. The molecule has 1 aromatic carbocycles. The van der Waals surface area contributed by atoms with E-state index in [0.29, 0.717) is 13.0 Å². The van der Waals surface area contributed by atoms with Gasteiger partial charge in [-0.2, -0.15) is 13.2 Å². The van der Waals surface area contributed by atoms with Crippen LogP contribution in [-0.4, -0.2) is 13.2 Å². The predicted octanol–water partition coefficient (Wildman–Crippen LogP) is 2.28. The molecule has 1 fully saturated rings. The average molecular weight is 231 g/mol. The zero-order chi connectivity index (χ0) is 11.8. The summed E-state index contributed by atoms with van der Waals surface area (Å²) in [6, 6.07) is 5.45. The number of hydrogen-bond acceptors (Lipinski definition) is 2. The standard InChI is InChI=1S/C11H12F3NO/c12-11(13,14)9-4-2-1-3-8(9)10(7-15)5-6-16-10/h1-4H,5-7,15H2. The Kier molecular flexibility index (Phi) is 2.67. The molecule has 1 saturated heterocycles. The zero-order valence-electron chi connectivity index (χ0n) is 8.55. The number of benzene rings is 1. The molecule has 1 aliphatic rings. The van der Waals surface area contributed by atoms with Gasteiger partial charge in [0.2, 0.25) is 0 Å². The maximum Gasteiger partial charge on any atom is 0.416 e. The molecule has 0 amide bonds. The monoisotopic (exact) mass is 231 g/mol. The van der Waals surface area contributed by atoms with Crippen LogP contribution in [0.5, 0.6) is 0 Å². The van der Waals surface area contributed by atoms with E-state index in [1.807, 2.05) is 0 Å². The van der Waals surface area contributed by atoms with E-state index < -0.39 is 17.3 Å². The number of hydrogen-bond donors (Lipinski definition) is 1. The van der Waals surface area contributed by atoms with Gasteiger partial charge in [0, 0.05) is 13.0 Å². The molecule has 0 saturated carbocycles. The summed E-state index contributed by atoms with van der Waals surface area (Å²) in [7, 11) is 0. The fraction of sp³-hybridized carbons (Fsp3) is 0.455. The van der Waals surface area contributed by atoms with Gasteiger partial charge in [0.15, 0.2) is 0 Å². The van der Waals surface area contributed by atoms with Crippen LogP contribution in [0.2, 0.25) is 0 Å². The Morgan fingerprint density at radius 2 is 1.94 bits per heavy atom. The van der Waals surface area contributed by atoms with Crippen molar-refractivity contribution < 1.29 is 17.9 Å². The Hall–Kier alpha value is -1.07. The molecule has 2 rings (SSSR count). The summed E-state index contributed by atoms with van der Waals surface area (Å²) >= 11 is 0. The van der Waals surface area contributed by atoms with Gasteiger partial charge >= 0.3 is 6.18 Å². The van der Waals surface area contributed by atoms with Gasteiger partial charge in [0.25, 0.3) is 0 Å². The van der Waals surface area contributed by atoms with Gasteiger partial charge in [-0.15, -0.1) is 0 Å². The van der Waals surface area contributed by atoms with Crippen LogP contribution in [0.1, 0.15) is 17.5 Å². The molecule has 0 spiro atoms. The second-order valence-electron chi connectivity index (χ2n) is 3.84. The van der Waals surface area contributed by atoms with E-state index in [2.05, 4.69) is 0 Å². The highest BCUT2D eigenvalue weighted by Crippen LogP contribution is 2.43. The maximum atomic E-state index is 12.8. The Morgan fingerprint density at radius 1 is 1.31 bits per heavy atom. The quantitative estimate of drug-likeness (QED) is 0.847. The van der Waals surface area contributed by atoms with E-state index >= 15 is 0 Å². The number of nitrogens with two attached hydrogens (primary N) is 1. The maximum absolute atomic E-state index is 12.8. The molecule has 88 valence electrons. The van der Waals surface area contributed by atoms with E-state index in [1.165, 1.54) is 12.1 Å². The first-order valence-corrected chi connectivity index (χ1v) is 5.00. The molecule has 1 atom stereocenters. The summed E-state index contributed by atoms with van der Waals surface area (Å²) < 4.78 is 43.6. The van der Waals surface area contributed by atoms with Crippen LogP contribution in [0.15, 0.2) is 24.3 Å². The number of alkyl halides is 3. The minimum Gasteiger partial charge on any atom is -0.369 e. The fourth-order valence-corrected chi connectivity index (χ4v) is 1.96. The molecule has 0 bridgehead atoms. The van der Waals surface area contributed by atoms with Gasteiger partial charge in [-0.3, -0.25) is 0 Å². The topological polar surface area (TPSA) is 35.2 Å². The van der Waals surface area contributed by atoms with E-state index in [0.717, 1.165) is 6.07 Å². The highest BCUT2D eigenvalue weighted by atomic mass is 19.4. The van der Waals surface area contributed by atoms with Crippen molar-refractivity contribution in [2.75, 3.05) is 13.2 Å². The van der Waals surface area contributed by atoms with Crippen LogP contribution < -0.4 is 5.73 Å². The van der Waals surface area contributed by atoms with Crippen molar-refractivity contribution in [2.24, 2.45) is 5.73 Å². The highest BCUT2D eigenvalue weighted by Gasteiger charge is 2.45. The lowest BCUT2D eigenvalue weighted by atomic mass is 9.83. The van der Waals surface area contributed by atoms with E-state index in [4.69, 9.17) is 10.5 Å². The second-order valence-corrected chi connectivity index (χ2v) is 3.84. The van der Waals surface area contributed by atoms with Gasteiger partial charge in [-0.1, -0.05) is 18.2 Å². The first-order valence-electron chi connectivity index (χ1n) is 5.00. The van der Waals surface area contributed by atoms with Gasteiger partial charge in [-0.25, -0.2) is 0 Å². The Balaban J connectivity index is 2.48. The molecule has 1 aromatic rings. The Morgan fingerprint density at radius 3 is 2.38 bits per heavy atom. The summed E-state index contributed by atoms with van der Waals surface area (Å²) in [5.74, 6) is 0. The van der Waals surface area contributed by atoms with Crippen molar-refractivity contribution in [1.82, 2.24) is 0 Å². The summed E-state index contributed by atoms with van der Waals surface area (Å²) in [6.07, 6.45) is -3.83. The second kappa shape index (κ2) is 3.75. The molecular formula is C11H12F3NO. The number of halogens is 3. The van der Waals surface area contributed by atoms with Crippen molar-refractivity contribution in [2.45, 2.75) is 18.2 Å². The summed E-state index contributed by atoms with van der Waals surface area (Å²) in [6.45, 7) is 0.531. The third kappa shape index (κ3) is 1.70. The molecule has 1 heterocycles. The van der Waals surface area contributed by atoms with Crippen LogP contribution in [0, 0.1) is 0 Å². The van der Waals surface area contributed by atoms with Gasteiger partial charge in [0.05, 0.1) is 12.2 Å². The third-order valence-corrected chi connectivity index (χ3v) is 2.94. The SMILES string of the molecule is NCC1(c2ccccc2C(F)(F)F)CCO1. The van der Waals surface area contributed by atoms with Gasteiger partial charge in [0.1, 0.15) is 5.60 Å². The Labute approximate surface area is 91.2 Å². The van der Waals surface area contributed by atoms with Crippen LogP contribution in [0.3, 0.4) is 0 Å². The summed E-state index contributed by atoms with van der Waals surface area (Å²) in [5.41, 5.74) is 4.08. The molecule has 5 heteroatoms. The van der Waals surface area contributed by atoms with E-state index in [1.54, 1.807) is 6.07 Å². The average Bonchev–Trinajstić information content (AvgIpc) is 2.16. The fourth-order valence-electron chi connectivity index (χ4n) is 1.96. The lowest BCUT2D eigenvalue weighted by molar-refractivity contribution is -0.163. The van der Waals surface area contributed by atoms with Crippen molar-refractivity contribution in [3.05, 3.63) is 35.4 Å². The smallest absolute Gasteiger partial charge is 0.369 e. The molecular weight excluding hydrogens is 219 g/mol. The van der Waals surface area contributed by atoms with Gasteiger partial charge < -0.3 is 10.5 Å². The number of ether oxygens (including phenoxy) is 1. The van der Waals surface area contributed by atoms with E-state index in [-0.39, 0.29) is 12.1 Å². The van der Waals surface area contributed by atoms with Crippen molar-refractivity contribution >= 4 is 0 Å². The molecule has 0 aromatic heterocycles. The minimum atomic E-state index is -4.36. The molecule has 1 aliphatic heterocycles. The van der Waals surface area contributed by atoms with Crippen LogP contribution >= 0.6 is 0 Å². The first-order chi connectivity index (χ1) is 7.49. The number of rotatable bonds is 2. The summed E-state index contributed by atoms with van der Waals surface area (Å²) in [4.78, 5) is 0. The van der Waals surface area contributed by atoms with Crippen LogP contribution in [0.4, 0.5) is 13.2 Å². The molecule has 0 radical (unpaired) electrons. The molecule has 2 nitrogen and oxygen atoms in total. The molecule has 1 unspecified atom stereocenters. The largest absolute Gasteiger partial charge is 0.416 e. The first kappa shape index (κ1) is 11.4. The van der Waals surface area contributed by atoms with E-state index in [9.17, 15) is 13.2 Å². The van der Waals surface area contributed by atoms with Crippen LogP contribution in [-0.2, 0) is 16.5 Å². The predicted molar refractivity (Wildman–Crippen MR) is 52.7 cm³/mol. The van der Waals surface area contributed by atoms with Crippen molar-refractivity contribution in [3.8, 4) is 0 Å².